The number of anilines is 1. The molecule has 0 bridgehead atoms. The van der Waals surface area contributed by atoms with Gasteiger partial charge >= 0.3 is 12.1 Å². The number of nitrogens with zero attached hydrogens (tertiary/aromatic N) is 2. The number of nitrogens with one attached hydrogen (secondary N) is 1. The third-order valence-electron chi connectivity index (χ3n) is 4.22. The molecule has 1 N–H and O–H groups in total. The lowest BCUT2D eigenvalue weighted by Crippen LogP contribution is -2.37. The lowest BCUT2D eigenvalue weighted by molar-refractivity contribution is -0.384. The Bertz CT molecular complexity index is 1120. The molecule has 0 aliphatic rings. The minimum Gasteiger partial charge on any atom is -0.452 e. The summed E-state index contributed by atoms with van der Waals surface area (Å²) in [6, 6.07) is 8.16. The van der Waals surface area contributed by atoms with Gasteiger partial charge in [-0.2, -0.15) is 13.2 Å². The van der Waals surface area contributed by atoms with Gasteiger partial charge in [0, 0.05) is 30.9 Å². The zero-order chi connectivity index (χ0) is 25.5. The summed E-state index contributed by atoms with van der Waals surface area (Å²) >= 11 is 5.52. The van der Waals surface area contributed by atoms with E-state index >= 15 is 0 Å². The molecule has 0 spiro atoms. The van der Waals surface area contributed by atoms with Crippen molar-refractivity contribution in [2.45, 2.75) is 6.18 Å². The Morgan fingerprint density at radius 3 is 2.41 bits per heavy atom. The van der Waals surface area contributed by atoms with Gasteiger partial charge in [-0.3, -0.25) is 19.7 Å². The average molecular weight is 500 g/mol. The number of amides is 2. The molecule has 0 atom stereocenters. The topological polar surface area (TPSA) is 119 Å². The third-order valence-corrected chi connectivity index (χ3v) is 4.55. The molecule has 0 aliphatic carbocycles. The van der Waals surface area contributed by atoms with Crippen LogP contribution in [-0.4, -0.2) is 47.8 Å². The first-order chi connectivity index (χ1) is 15.9. The van der Waals surface area contributed by atoms with Gasteiger partial charge in [-0.1, -0.05) is 11.6 Å². The molecule has 0 radical (unpaired) electrons. The summed E-state index contributed by atoms with van der Waals surface area (Å²) in [6.45, 7) is -1.20. The fraction of sp³-hybridized carbons (Fsp3) is 0.190. The Hall–Kier alpha value is -3.93. The van der Waals surface area contributed by atoms with Crippen molar-refractivity contribution in [1.29, 1.82) is 0 Å². The van der Waals surface area contributed by atoms with Crippen molar-refractivity contribution in [3.63, 3.8) is 0 Å². The molecule has 34 heavy (non-hydrogen) atoms. The molecule has 180 valence electrons. The first-order valence-corrected chi connectivity index (χ1v) is 9.74. The summed E-state index contributed by atoms with van der Waals surface area (Å²) in [5, 5.41) is 12.3. The molecule has 9 nitrogen and oxygen atoms in total. The van der Waals surface area contributed by atoms with Gasteiger partial charge in [0.25, 0.3) is 11.6 Å². The summed E-state index contributed by atoms with van der Waals surface area (Å²) in [4.78, 5) is 46.8. The second-order valence-electron chi connectivity index (χ2n) is 6.78. The molecule has 2 aromatic carbocycles. The molecule has 0 saturated carbocycles. The molecular formula is C21H17ClF3N3O6. The molecule has 2 rings (SSSR count). The van der Waals surface area contributed by atoms with E-state index in [1.54, 1.807) is 0 Å². The number of benzene rings is 2. The smallest absolute Gasteiger partial charge is 0.417 e. The Kier molecular flexibility index (Phi) is 8.73. The average Bonchev–Trinajstić information content (AvgIpc) is 2.76. The highest BCUT2D eigenvalue weighted by molar-refractivity contribution is 6.31. The van der Waals surface area contributed by atoms with Crippen LogP contribution in [0.2, 0.25) is 5.02 Å². The molecule has 0 unspecified atom stereocenters. The van der Waals surface area contributed by atoms with Crippen molar-refractivity contribution >= 4 is 46.8 Å². The summed E-state index contributed by atoms with van der Waals surface area (Å²) in [7, 11) is 1.24. The number of alkyl halides is 3. The monoisotopic (exact) mass is 499 g/mol. The number of non-ortho nitro benzene ring substituents is 1. The second kappa shape index (κ2) is 11.3. The van der Waals surface area contributed by atoms with Crippen LogP contribution in [0, 0.1) is 10.1 Å². The van der Waals surface area contributed by atoms with Gasteiger partial charge in [-0.25, -0.2) is 4.79 Å². The summed E-state index contributed by atoms with van der Waals surface area (Å²) in [5.74, 6) is -2.39. The Morgan fingerprint density at radius 1 is 1.18 bits per heavy atom. The van der Waals surface area contributed by atoms with E-state index in [9.17, 15) is 37.7 Å². The quantitative estimate of drug-likeness (QED) is 0.254. The number of carbonyl (C=O) groups is 3. The number of hydrogen-bond acceptors (Lipinski definition) is 6. The van der Waals surface area contributed by atoms with E-state index < -0.39 is 52.6 Å². The van der Waals surface area contributed by atoms with Gasteiger partial charge < -0.3 is 15.0 Å². The lowest BCUT2D eigenvalue weighted by Gasteiger charge is -2.17. The van der Waals surface area contributed by atoms with Gasteiger partial charge in [0.1, 0.15) is 0 Å². The first-order valence-electron chi connectivity index (χ1n) is 9.36. The summed E-state index contributed by atoms with van der Waals surface area (Å²) < 4.78 is 43.5. The molecule has 0 aliphatic heterocycles. The maximum atomic E-state index is 12.9. The van der Waals surface area contributed by atoms with Gasteiger partial charge in [0.2, 0.25) is 5.91 Å². The molecule has 0 heterocycles. The highest BCUT2D eigenvalue weighted by Crippen LogP contribution is 2.36. The van der Waals surface area contributed by atoms with Gasteiger partial charge in [0.05, 0.1) is 22.1 Å². The van der Waals surface area contributed by atoms with Crippen molar-refractivity contribution in [1.82, 2.24) is 4.90 Å². The number of esters is 1. The minimum absolute atomic E-state index is 0.116. The molecule has 0 aromatic heterocycles. The third kappa shape index (κ3) is 7.89. The molecule has 2 amide bonds. The zero-order valence-electron chi connectivity index (χ0n) is 17.5. The normalized spacial score (nSPS) is 11.2. The first kappa shape index (κ1) is 26.3. The van der Waals surface area contributed by atoms with Crippen molar-refractivity contribution in [3.05, 3.63) is 74.8 Å². The number of nitro groups is 1. The van der Waals surface area contributed by atoms with Crippen molar-refractivity contribution < 1.29 is 37.2 Å². The summed E-state index contributed by atoms with van der Waals surface area (Å²) in [6.07, 6.45) is -2.36. The van der Waals surface area contributed by atoms with E-state index in [0.717, 1.165) is 17.0 Å². The number of rotatable bonds is 8. The summed E-state index contributed by atoms with van der Waals surface area (Å²) in [5.41, 5.74) is -0.914. The maximum Gasteiger partial charge on any atom is 0.417 e. The number of hydrogen-bond donors (Lipinski definition) is 1. The van der Waals surface area contributed by atoms with E-state index in [1.165, 1.54) is 43.5 Å². The van der Waals surface area contributed by atoms with E-state index in [2.05, 4.69) is 5.32 Å². The minimum atomic E-state index is -4.71. The SMILES string of the molecule is CN(CC(=O)Nc1ccc(Cl)c(C(F)(F)F)c1)C(=O)COC(=O)C=Cc1ccc([N+](=O)[O-])cc1. The van der Waals surface area contributed by atoms with Crippen LogP contribution < -0.4 is 5.32 Å². The number of likely N-dealkylation sites (N-methyl/N-ethyl adjacent to an activating group) is 1. The van der Waals surface area contributed by atoms with Crippen LogP contribution in [-0.2, 0) is 25.3 Å². The highest BCUT2D eigenvalue weighted by Gasteiger charge is 2.33. The fourth-order valence-corrected chi connectivity index (χ4v) is 2.71. The Labute approximate surface area is 195 Å². The van der Waals surface area contributed by atoms with Gasteiger partial charge in [-0.15, -0.1) is 0 Å². The second-order valence-corrected chi connectivity index (χ2v) is 7.19. The number of carbonyl (C=O) groups excluding carboxylic acids is 3. The highest BCUT2D eigenvalue weighted by atomic mass is 35.5. The Balaban J connectivity index is 1.83. The number of halogens is 4. The number of ether oxygens (including phenoxy) is 1. The van der Waals surface area contributed by atoms with Crippen LogP contribution in [0.3, 0.4) is 0 Å². The number of nitro benzene ring substituents is 1. The Morgan fingerprint density at radius 2 is 1.82 bits per heavy atom. The predicted molar refractivity (Wildman–Crippen MR) is 116 cm³/mol. The van der Waals surface area contributed by atoms with E-state index in [0.29, 0.717) is 11.6 Å². The predicted octanol–water partition coefficient (Wildman–Crippen LogP) is 3.92. The van der Waals surface area contributed by atoms with Crippen molar-refractivity contribution in [2.24, 2.45) is 0 Å². The van der Waals surface area contributed by atoms with E-state index in [-0.39, 0.29) is 11.4 Å². The van der Waals surface area contributed by atoms with Crippen LogP contribution in [0.15, 0.2) is 48.5 Å². The van der Waals surface area contributed by atoms with Crippen molar-refractivity contribution in [3.8, 4) is 0 Å². The van der Waals surface area contributed by atoms with Gasteiger partial charge in [0.15, 0.2) is 6.61 Å². The van der Waals surface area contributed by atoms with Crippen LogP contribution in [0.25, 0.3) is 6.08 Å². The van der Waals surface area contributed by atoms with Crippen molar-refractivity contribution in [2.75, 3.05) is 25.5 Å². The van der Waals surface area contributed by atoms with Crippen LogP contribution in [0.5, 0.6) is 0 Å². The van der Waals surface area contributed by atoms with Crippen LogP contribution >= 0.6 is 11.6 Å². The van der Waals surface area contributed by atoms with E-state index in [1.807, 2.05) is 0 Å². The largest absolute Gasteiger partial charge is 0.452 e. The molecule has 2 aromatic rings. The van der Waals surface area contributed by atoms with Gasteiger partial charge in [-0.05, 0) is 42.0 Å². The zero-order valence-corrected chi connectivity index (χ0v) is 18.2. The molecule has 0 fully saturated rings. The molecular weight excluding hydrogens is 483 g/mol. The van der Waals surface area contributed by atoms with Crippen LogP contribution in [0.4, 0.5) is 24.5 Å². The lowest BCUT2D eigenvalue weighted by atomic mass is 10.2. The van der Waals surface area contributed by atoms with E-state index in [4.69, 9.17) is 16.3 Å². The molecule has 0 saturated heterocycles. The molecule has 13 heteroatoms. The maximum absolute atomic E-state index is 12.9. The standard InChI is InChI=1S/C21H17ClF3N3O6/c1-27(11-18(29)26-14-5-8-17(22)16(10-14)21(23,24)25)19(30)12-34-20(31)9-4-13-2-6-15(7-3-13)28(32)33/h2-10H,11-12H2,1H3,(H,26,29). The van der Waals surface area contributed by atoms with Crippen LogP contribution in [0.1, 0.15) is 11.1 Å². The fourth-order valence-electron chi connectivity index (χ4n) is 2.49.